The van der Waals surface area contributed by atoms with Crippen molar-refractivity contribution in [2.45, 2.75) is 75.2 Å². The number of morpholine rings is 1. The molecule has 5 saturated heterocycles. The number of rotatable bonds is 9. The number of nitrogens with zero attached hydrogens (tertiary/aromatic N) is 6. The first-order valence-corrected chi connectivity index (χ1v) is 22.4. The van der Waals surface area contributed by atoms with Gasteiger partial charge >= 0.3 is 6.03 Å². The van der Waals surface area contributed by atoms with Crippen molar-refractivity contribution in [2.75, 3.05) is 80.8 Å². The highest BCUT2D eigenvalue weighted by Crippen LogP contribution is 2.39. The van der Waals surface area contributed by atoms with Crippen molar-refractivity contribution in [3.05, 3.63) is 95.5 Å². The molecule has 0 aliphatic carbocycles. The van der Waals surface area contributed by atoms with Gasteiger partial charge in [-0.25, -0.2) is 4.79 Å². The molecule has 0 saturated carbocycles. The molecule has 6 aliphatic rings. The van der Waals surface area contributed by atoms with E-state index in [4.69, 9.17) is 26.7 Å². The maximum absolute atomic E-state index is 13.8. The van der Waals surface area contributed by atoms with E-state index in [9.17, 15) is 19.5 Å². The van der Waals surface area contributed by atoms with Gasteiger partial charge in [0.15, 0.2) is 0 Å². The van der Waals surface area contributed by atoms with E-state index in [0.29, 0.717) is 69.2 Å². The Morgan fingerprint density at radius 3 is 2.27 bits per heavy atom. The minimum atomic E-state index is -0.314. The van der Waals surface area contributed by atoms with Gasteiger partial charge in [0.2, 0.25) is 11.8 Å². The molecule has 3 aromatic carbocycles. The number of imide groups is 1. The number of urea groups is 1. The highest BCUT2D eigenvalue weighted by Gasteiger charge is 2.40. The predicted octanol–water partition coefficient (Wildman–Crippen LogP) is 3.10. The van der Waals surface area contributed by atoms with E-state index >= 15 is 0 Å². The van der Waals surface area contributed by atoms with Gasteiger partial charge in [0, 0.05) is 118 Å². The molecule has 3 unspecified atom stereocenters. The molecule has 3 aromatic rings. The summed E-state index contributed by atoms with van der Waals surface area (Å²) in [5.41, 5.74) is 25.0. The number of nitrogens with one attached hydrogen (secondary N) is 1. The Bertz CT molecular complexity index is 2250. The third-order valence-electron chi connectivity index (χ3n) is 13.8. The lowest BCUT2D eigenvalue weighted by atomic mass is 10.0. The Morgan fingerprint density at radius 1 is 0.841 bits per heavy atom. The molecule has 334 valence electrons. The molecule has 2 bridgehead atoms. The first-order valence-electron chi connectivity index (χ1n) is 22.4. The van der Waals surface area contributed by atoms with E-state index in [1.165, 1.54) is 11.3 Å². The molecule has 63 heavy (non-hydrogen) atoms. The Hall–Kier alpha value is -6.29. The number of carbonyl (C=O) groups is 3. The number of nitrogens with two attached hydrogens (primary N) is 3. The zero-order valence-corrected chi connectivity index (χ0v) is 36.0. The lowest BCUT2D eigenvalue weighted by Crippen LogP contribution is -2.64. The highest BCUT2D eigenvalue weighted by atomic mass is 16.5. The van der Waals surface area contributed by atoms with E-state index in [0.717, 1.165) is 68.9 Å². The third kappa shape index (κ3) is 8.60. The van der Waals surface area contributed by atoms with Crippen molar-refractivity contribution in [3.63, 3.8) is 0 Å². The molecule has 0 spiro atoms. The van der Waals surface area contributed by atoms with Crippen LogP contribution >= 0.6 is 0 Å². The van der Waals surface area contributed by atoms with E-state index in [1.807, 2.05) is 35.0 Å². The Labute approximate surface area is 368 Å². The van der Waals surface area contributed by atoms with Gasteiger partial charge in [-0.05, 0) is 68.2 Å². The first-order chi connectivity index (χ1) is 30.5. The number of para-hydroxylation sites is 1. The lowest BCUT2D eigenvalue weighted by molar-refractivity contribution is -0.134. The van der Waals surface area contributed by atoms with Gasteiger partial charge in [0.1, 0.15) is 29.5 Å². The molecule has 3 atom stereocenters. The number of anilines is 3. The normalized spacial score (nSPS) is 23.3. The summed E-state index contributed by atoms with van der Waals surface area (Å²) in [6, 6.07) is 21.5. The molecule has 0 radical (unpaired) electrons. The van der Waals surface area contributed by atoms with Gasteiger partial charge in [0.05, 0.1) is 31.0 Å². The van der Waals surface area contributed by atoms with Crippen molar-refractivity contribution in [3.8, 4) is 11.5 Å². The summed E-state index contributed by atoms with van der Waals surface area (Å²) >= 11 is 0. The van der Waals surface area contributed by atoms with E-state index in [2.05, 4.69) is 55.2 Å². The van der Waals surface area contributed by atoms with Crippen molar-refractivity contribution in [1.29, 1.82) is 0 Å². The average molecular weight is 861 g/mol. The van der Waals surface area contributed by atoms with Crippen LogP contribution in [-0.2, 0) is 20.7 Å². The topological polar surface area (TPSA) is 199 Å². The number of fused-ring (bicyclic) bond motifs is 3. The van der Waals surface area contributed by atoms with Crippen LogP contribution in [0.15, 0.2) is 84.3 Å². The third-order valence-corrected chi connectivity index (χ3v) is 13.8. The Balaban J connectivity index is 0.767. The smallest absolute Gasteiger partial charge is 0.319 e. The second-order valence-corrected chi connectivity index (χ2v) is 17.7. The van der Waals surface area contributed by atoms with Gasteiger partial charge in [-0.15, -0.1) is 0 Å². The number of piperazine rings is 1. The summed E-state index contributed by atoms with van der Waals surface area (Å²) in [4.78, 5) is 51.4. The van der Waals surface area contributed by atoms with Crippen LogP contribution < -0.4 is 42.0 Å². The minimum absolute atomic E-state index is 0.00226. The van der Waals surface area contributed by atoms with E-state index < -0.39 is 0 Å². The summed E-state index contributed by atoms with van der Waals surface area (Å²) in [7, 11) is 1.94. The number of likely N-dealkylation sites (tertiary alicyclic amines) is 1. The van der Waals surface area contributed by atoms with Crippen molar-refractivity contribution in [2.24, 2.45) is 17.2 Å². The molecule has 9 rings (SSSR count). The van der Waals surface area contributed by atoms with Crippen LogP contribution in [0.3, 0.4) is 0 Å². The number of hydrogen-bond donors (Lipinski definition) is 5. The van der Waals surface area contributed by atoms with Crippen molar-refractivity contribution >= 4 is 40.6 Å². The summed E-state index contributed by atoms with van der Waals surface area (Å²) in [5, 5.41) is 12.9. The largest absolute Gasteiger partial charge is 0.507 e. The van der Waals surface area contributed by atoms with Gasteiger partial charge in [-0.3, -0.25) is 14.9 Å². The number of aromatic hydroxyl groups is 1. The van der Waals surface area contributed by atoms with Crippen molar-refractivity contribution in [1.82, 2.24) is 20.0 Å². The monoisotopic (exact) mass is 860 g/mol. The van der Waals surface area contributed by atoms with Crippen LogP contribution in [-0.4, -0.2) is 134 Å². The summed E-state index contributed by atoms with van der Waals surface area (Å²) in [5.74, 6) is 0.658. The SMILES string of the molecule is CN(C(=O)N1CCC(Oc2cccc(N3C4COCC3CN(C(/C=C(\N)c3ccccc3O)=C(N)N)C4)c2)CC1)C1CCN(c2cccc3c2CCN3C2CCC(=O)NC2=O)CC1. The molecule has 4 amide bonds. The molecule has 16 heteroatoms. The molecule has 0 aromatic heterocycles. The van der Waals surface area contributed by atoms with Crippen molar-refractivity contribution < 1.29 is 29.0 Å². The zero-order valence-electron chi connectivity index (χ0n) is 36.0. The fourth-order valence-corrected chi connectivity index (χ4v) is 10.6. The van der Waals surface area contributed by atoms with Crippen LogP contribution in [0, 0.1) is 0 Å². The Morgan fingerprint density at radius 2 is 1.56 bits per heavy atom. The summed E-state index contributed by atoms with van der Waals surface area (Å²) < 4.78 is 12.6. The Kier molecular flexibility index (Phi) is 11.9. The van der Waals surface area contributed by atoms with Gasteiger partial charge in [-0.1, -0.05) is 24.3 Å². The summed E-state index contributed by atoms with van der Waals surface area (Å²) in [6.45, 7) is 6.04. The van der Waals surface area contributed by atoms with E-state index in [-0.39, 0.29) is 59.7 Å². The van der Waals surface area contributed by atoms with Gasteiger partial charge in [0.25, 0.3) is 0 Å². The van der Waals surface area contributed by atoms with Crippen LogP contribution in [0.2, 0.25) is 0 Å². The number of ether oxygens (including phenoxy) is 2. The highest BCUT2D eigenvalue weighted by molar-refractivity contribution is 6.02. The second kappa shape index (κ2) is 17.8. The number of phenolic OH excluding ortho intramolecular Hbond substituents is 1. The van der Waals surface area contributed by atoms with Crippen LogP contribution in [0.4, 0.5) is 21.9 Å². The average Bonchev–Trinajstić information content (AvgIpc) is 3.72. The molecule has 5 fully saturated rings. The molecular formula is C47H60N10O6. The maximum atomic E-state index is 13.8. The standard InChI is InChI=1S/C47H60N10O6/c1-52(30-14-19-53(20-15-30)39-9-5-10-40-37(39)18-23-56(40)41-12-13-44(59)51-46(41)60)47(61)54-21-16-34(17-22-54)63-35-7-4-6-31(24-35)57-32-26-55(27-33(57)29-62-28-32)42(45(49)50)25-38(48)36-8-2-3-11-43(36)58/h2-11,24-25,30,32-34,41,58H,12-23,26-29,48-50H2,1H3,(H,51,59,60)/b38-25-. The number of piperidine rings is 3. The number of phenols is 1. The quantitative estimate of drug-likeness (QED) is 0.156. The number of allylic oxidation sites excluding steroid dienone is 1. The zero-order chi connectivity index (χ0) is 43.8. The fraction of sp³-hybridized carbons (Fsp3) is 0.468. The second-order valence-electron chi connectivity index (χ2n) is 17.7. The van der Waals surface area contributed by atoms with Crippen LogP contribution in [0.25, 0.3) is 5.70 Å². The predicted molar refractivity (Wildman–Crippen MR) is 242 cm³/mol. The lowest BCUT2D eigenvalue weighted by Gasteiger charge is -2.52. The fourth-order valence-electron chi connectivity index (χ4n) is 10.6. The number of carbonyl (C=O) groups excluding carboxylic acids is 3. The number of amides is 4. The maximum Gasteiger partial charge on any atom is 0.319 e. The van der Waals surface area contributed by atoms with Gasteiger partial charge in [-0.2, -0.15) is 0 Å². The molecule has 6 aliphatic heterocycles. The molecule has 16 nitrogen and oxygen atoms in total. The van der Waals surface area contributed by atoms with Gasteiger partial charge < -0.3 is 61.2 Å². The minimum Gasteiger partial charge on any atom is -0.507 e. The molecular weight excluding hydrogens is 801 g/mol. The first kappa shape index (κ1) is 42.0. The molecule has 6 heterocycles. The summed E-state index contributed by atoms with van der Waals surface area (Å²) in [6.07, 6.45) is 6.78. The van der Waals surface area contributed by atoms with Crippen LogP contribution in [0.5, 0.6) is 11.5 Å². The molecule has 8 N–H and O–H groups in total. The van der Waals surface area contributed by atoms with E-state index in [1.54, 1.807) is 24.3 Å². The number of hydrogen-bond acceptors (Lipinski definition) is 13. The van der Waals surface area contributed by atoms with Crippen LogP contribution in [0.1, 0.15) is 49.7 Å². The number of benzene rings is 3.